The van der Waals surface area contributed by atoms with E-state index in [0.717, 1.165) is 12.8 Å². The first kappa shape index (κ1) is 14.4. The third-order valence-corrected chi connectivity index (χ3v) is 5.81. The molecule has 4 aliphatic rings. The number of aliphatic carboxylic acids is 3. The number of hydrogen-bond acceptors (Lipinski definition) is 3. The minimum Gasteiger partial charge on any atom is -0.481 e. The first-order valence-electron chi connectivity index (χ1n) is 7.35. The Bertz CT molecular complexity index is 492. The molecule has 0 aliphatic heterocycles. The summed E-state index contributed by atoms with van der Waals surface area (Å²) in [7, 11) is 0. The van der Waals surface area contributed by atoms with Crippen LogP contribution in [-0.4, -0.2) is 33.2 Å². The Labute approximate surface area is 122 Å². The molecule has 4 aliphatic carbocycles. The van der Waals surface area contributed by atoms with Crippen LogP contribution in [0.1, 0.15) is 51.4 Å². The van der Waals surface area contributed by atoms with Crippen molar-refractivity contribution in [2.75, 3.05) is 0 Å². The van der Waals surface area contributed by atoms with E-state index in [1.807, 2.05) is 0 Å². The number of rotatable bonds is 5. The van der Waals surface area contributed by atoms with Gasteiger partial charge in [-0.3, -0.25) is 14.4 Å². The lowest BCUT2D eigenvalue weighted by Crippen LogP contribution is -2.60. The molecule has 6 nitrogen and oxygen atoms in total. The van der Waals surface area contributed by atoms with Gasteiger partial charge in [0.15, 0.2) is 0 Å². The molecule has 2 unspecified atom stereocenters. The average Bonchev–Trinajstić information content (AvgIpc) is 2.22. The van der Waals surface area contributed by atoms with Crippen molar-refractivity contribution in [3.05, 3.63) is 0 Å². The normalized spacial score (nSPS) is 43.7. The van der Waals surface area contributed by atoms with E-state index in [1.54, 1.807) is 0 Å². The Balaban J connectivity index is 2.01. The van der Waals surface area contributed by atoms with Gasteiger partial charge in [0.1, 0.15) is 0 Å². The van der Waals surface area contributed by atoms with Gasteiger partial charge >= 0.3 is 17.9 Å². The summed E-state index contributed by atoms with van der Waals surface area (Å²) in [5.41, 5.74) is -1.97. The van der Waals surface area contributed by atoms with Crippen LogP contribution in [0.15, 0.2) is 0 Å². The molecule has 4 fully saturated rings. The van der Waals surface area contributed by atoms with Gasteiger partial charge in [-0.2, -0.15) is 0 Å². The quantitative estimate of drug-likeness (QED) is 0.715. The third kappa shape index (κ3) is 2.21. The lowest BCUT2D eigenvalue weighted by atomic mass is 9.38. The van der Waals surface area contributed by atoms with Crippen LogP contribution in [0.25, 0.3) is 0 Å². The van der Waals surface area contributed by atoms with Gasteiger partial charge in [0.05, 0.1) is 18.3 Å². The first-order valence-corrected chi connectivity index (χ1v) is 7.35. The molecule has 0 amide bonds. The van der Waals surface area contributed by atoms with Crippen molar-refractivity contribution in [3.63, 3.8) is 0 Å². The molecular formula is C15H20O6. The molecule has 4 bridgehead atoms. The topological polar surface area (TPSA) is 112 Å². The summed E-state index contributed by atoms with van der Waals surface area (Å²) >= 11 is 0. The highest BCUT2D eigenvalue weighted by molar-refractivity contribution is 5.77. The molecule has 3 N–H and O–H groups in total. The molecule has 0 heterocycles. The molecule has 0 saturated heterocycles. The van der Waals surface area contributed by atoms with Crippen molar-refractivity contribution < 1.29 is 29.7 Å². The zero-order valence-electron chi connectivity index (χ0n) is 11.8. The summed E-state index contributed by atoms with van der Waals surface area (Å²) in [5, 5.41) is 28.1. The number of carbonyl (C=O) groups is 3. The van der Waals surface area contributed by atoms with Gasteiger partial charge in [-0.15, -0.1) is 0 Å². The maximum absolute atomic E-state index is 11.8. The number of carboxylic acids is 3. The van der Waals surface area contributed by atoms with Crippen molar-refractivity contribution in [1.29, 1.82) is 0 Å². The molecular weight excluding hydrogens is 276 g/mol. The highest BCUT2D eigenvalue weighted by Gasteiger charge is 2.66. The van der Waals surface area contributed by atoms with E-state index in [1.165, 1.54) is 0 Å². The first-order chi connectivity index (χ1) is 9.68. The van der Waals surface area contributed by atoms with Crippen LogP contribution in [0, 0.1) is 22.2 Å². The van der Waals surface area contributed by atoms with Gasteiger partial charge in [0.25, 0.3) is 0 Å². The Morgan fingerprint density at radius 1 is 0.810 bits per heavy atom. The SMILES string of the molecule is O=C(O)C[C@]12CC3CC(C(=O)O)(C1)C[C@@](CC(=O)O)(C3)C2. The van der Waals surface area contributed by atoms with Crippen molar-refractivity contribution in [2.45, 2.75) is 51.4 Å². The van der Waals surface area contributed by atoms with Crippen LogP contribution in [0.2, 0.25) is 0 Å². The van der Waals surface area contributed by atoms with E-state index in [9.17, 15) is 29.7 Å². The lowest BCUT2D eigenvalue weighted by molar-refractivity contribution is -0.198. The van der Waals surface area contributed by atoms with Crippen LogP contribution in [0.4, 0.5) is 0 Å². The fourth-order valence-corrected chi connectivity index (χ4v) is 6.12. The van der Waals surface area contributed by atoms with Gasteiger partial charge in [0.2, 0.25) is 0 Å². The monoisotopic (exact) mass is 296 g/mol. The highest BCUT2D eigenvalue weighted by Crippen LogP contribution is 2.71. The van der Waals surface area contributed by atoms with Crippen molar-refractivity contribution >= 4 is 17.9 Å². The smallest absolute Gasteiger partial charge is 0.309 e. The third-order valence-electron chi connectivity index (χ3n) is 5.81. The minimum atomic E-state index is -0.914. The van der Waals surface area contributed by atoms with E-state index < -0.39 is 34.2 Å². The van der Waals surface area contributed by atoms with E-state index in [0.29, 0.717) is 25.7 Å². The molecule has 0 aromatic carbocycles. The molecule has 0 aromatic heterocycles. The molecule has 4 atom stereocenters. The Morgan fingerprint density at radius 2 is 1.29 bits per heavy atom. The Morgan fingerprint density at radius 3 is 1.67 bits per heavy atom. The summed E-state index contributed by atoms with van der Waals surface area (Å²) in [6, 6.07) is 0. The Kier molecular flexibility index (Phi) is 2.88. The second-order valence-electron chi connectivity index (χ2n) is 7.74. The van der Waals surface area contributed by atoms with Crippen molar-refractivity contribution in [3.8, 4) is 0 Å². The van der Waals surface area contributed by atoms with Gasteiger partial charge in [-0.05, 0) is 55.3 Å². The fourth-order valence-electron chi connectivity index (χ4n) is 6.12. The van der Waals surface area contributed by atoms with E-state index in [-0.39, 0.29) is 18.8 Å². The fraction of sp³-hybridized carbons (Fsp3) is 0.800. The van der Waals surface area contributed by atoms with Gasteiger partial charge in [0, 0.05) is 0 Å². The lowest BCUT2D eigenvalue weighted by Gasteiger charge is -2.65. The maximum Gasteiger partial charge on any atom is 0.309 e. The van der Waals surface area contributed by atoms with E-state index in [4.69, 9.17) is 0 Å². The minimum absolute atomic E-state index is 0.0418. The summed E-state index contributed by atoms with van der Waals surface area (Å²) in [6.45, 7) is 0. The van der Waals surface area contributed by atoms with Crippen LogP contribution >= 0.6 is 0 Å². The maximum atomic E-state index is 11.8. The van der Waals surface area contributed by atoms with E-state index >= 15 is 0 Å². The largest absolute Gasteiger partial charge is 0.481 e. The predicted molar refractivity (Wildman–Crippen MR) is 70.6 cm³/mol. The predicted octanol–water partition coefficient (Wildman–Crippen LogP) is 1.98. The molecule has 0 aromatic rings. The molecule has 4 saturated carbocycles. The summed E-state index contributed by atoms with van der Waals surface area (Å²) in [5.74, 6) is -2.56. The van der Waals surface area contributed by atoms with Crippen LogP contribution in [0.3, 0.4) is 0 Å². The molecule has 116 valence electrons. The second-order valence-corrected chi connectivity index (χ2v) is 7.74. The standard InChI is InChI=1S/C15H20O6/c16-10(17)4-13-1-9-2-14(6-13,5-11(18)19)8-15(3-9,7-13)12(20)21/h9H,1-8H2,(H,16,17)(H,18,19)(H,20,21)/t9?,13-,14+,15?. The van der Waals surface area contributed by atoms with Crippen LogP contribution < -0.4 is 0 Å². The van der Waals surface area contributed by atoms with Crippen molar-refractivity contribution in [2.24, 2.45) is 22.2 Å². The zero-order chi connectivity index (χ0) is 15.5. The molecule has 0 spiro atoms. The summed E-state index contributed by atoms with van der Waals surface area (Å²) < 4.78 is 0. The van der Waals surface area contributed by atoms with Gasteiger partial charge < -0.3 is 15.3 Å². The number of hydrogen-bond donors (Lipinski definition) is 3. The van der Waals surface area contributed by atoms with Gasteiger partial charge in [-0.1, -0.05) is 0 Å². The Hall–Kier alpha value is -1.59. The van der Waals surface area contributed by atoms with Gasteiger partial charge in [-0.25, -0.2) is 0 Å². The summed E-state index contributed by atoms with van der Waals surface area (Å²) in [6.07, 6.45) is 3.28. The highest BCUT2D eigenvalue weighted by atomic mass is 16.4. The second kappa shape index (κ2) is 4.21. The zero-order valence-corrected chi connectivity index (χ0v) is 11.8. The van der Waals surface area contributed by atoms with Crippen LogP contribution in [0.5, 0.6) is 0 Å². The molecule has 0 radical (unpaired) electrons. The van der Waals surface area contributed by atoms with E-state index in [2.05, 4.69) is 0 Å². The molecule has 21 heavy (non-hydrogen) atoms. The average molecular weight is 296 g/mol. The summed E-state index contributed by atoms with van der Waals surface area (Å²) in [4.78, 5) is 34.3. The molecule has 6 heteroatoms. The van der Waals surface area contributed by atoms with Crippen LogP contribution in [-0.2, 0) is 14.4 Å². The van der Waals surface area contributed by atoms with Crippen molar-refractivity contribution in [1.82, 2.24) is 0 Å². The number of carboxylic acid groups (broad SMARTS) is 3. The molecule has 4 rings (SSSR count).